The van der Waals surface area contributed by atoms with Crippen LogP contribution in [-0.2, 0) is 14.3 Å². The number of ether oxygens (including phenoxy) is 2. The lowest BCUT2D eigenvalue weighted by molar-refractivity contribution is -0.114. The van der Waals surface area contributed by atoms with Gasteiger partial charge < -0.3 is 14.8 Å². The largest absolute Gasteiger partial charge is 0.492 e. The van der Waals surface area contributed by atoms with Crippen molar-refractivity contribution in [2.24, 2.45) is 5.92 Å². The standard InChI is InChI=1S/C15H25NO3S/c1-11(2)16-5-6-18-13-7-12(3)8-14(9-13)19-10-15(17)20-4/h7,9,11-12,16H,5-6,8,10H2,1-4H3. The highest BCUT2D eigenvalue weighted by atomic mass is 32.2. The molecule has 1 N–H and O–H groups in total. The second kappa shape index (κ2) is 9.08. The number of hydrogen-bond acceptors (Lipinski definition) is 5. The first-order valence-electron chi connectivity index (χ1n) is 6.99. The van der Waals surface area contributed by atoms with Gasteiger partial charge in [0.15, 0.2) is 6.61 Å². The Morgan fingerprint density at radius 2 is 2.25 bits per heavy atom. The third-order valence-corrected chi connectivity index (χ3v) is 3.37. The third-order valence-electron chi connectivity index (χ3n) is 2.80. The van der Waals surface area contributed by atoms with Crippen molar-refractivity contribution in [3.63, 3.8) is 0 Å². The van der Waals surface area contributed by atoms with Gasteiger partial charge in [-0.1, -0.05) is 32.5 Å². The zero-order valence-corrected chi connectivity index (χ0v) is 13.6. The van der Waals surface area contributed by atoms with Gasteiger partial charge in [-0.25, -0.2) is 0 Å². The lowest BCUT2D eigenvalue weighted by atomic mass is 10.0. The topological polar surface area (TPSA) is 47.6 Å². The predicted molar refractivity (Wildman–Crippen MR) is 83.5 cm³/mol. The van der Waals surface area contributed by atoms with E-state index in [0.717, 1.165) is 24.5 Å². The Balaban J connectivity index is 2.40. The Morgan fingerprint density at radius 3 is 2.90 bits per heavy atom. The maximum absolute atomic E-state index is 11.2. The van der Waals surface area contributed by atoms with Gasteiger partial charge in [-0.15, -0.1) is 0 Å². The van der Waals surface area contributed by atoms with Crippen molar-refractivity contribution in [2.45, 2.75) is 33.2 Å². The van der Waals surface area contributed by atoms with E-state index in [-0.39, 0.29) is 11.7 Å². The van der Waals surface area contributed by atoms with Gasteiger partial charge in [0.1, 0.15) is 18.1 Å². The number of rotatable bonds is 8. The second-order valence-corrected chi connectivity index (χ2v) is 6.05. The van der Waals surface area contributed by atoms with Gasteiger partial charge in [-0.3, -0.25) is 4.79 Å². The van der Waals surface area contributed by atoms with Crippen molar-refractivity contribution in [1.82, 2.24) is 5.32 Å². The van der Waals surface area contributed by atoms with Crippen molar-refractivity contribution in [2.75, 3.05) is 26.0 Å². The van der Waals surface area contributed by atoms with E-state index in [0.29, 0.717) is 18.6 Å². The summed E-state index contributed by atoms with van der Waals surface area (Å²) in [6, 6.07) is 0.463. The third kappa shape index (κ3) is 7.01. The SMILES string of the molecule is CSC(=O)COC1=CC(OCCNC(C)C)=CC(C)C1. The quantitative estimate of drug-likeness (QED) is 0.698. The molecule has 1 rings (SSSR count). The molecule has 0 radical (unpaired) electrons. The van der Waals surface area contributed by atoms with Gasteiger partial charge in [0.25, 0.3) is 0 Å². The van der Waals surface area contributed by atoms with Crippen molar-refractivity contribution >= 4 is 16.9 Å². The molecule has 0 aromatic rings. The first-order chi connectivity index (χ1) is 9.51. The molecule has 114 valence electrons. The Bertz CT molecular complexity index is 377. The molecule has 4 nitrogen and oxygen atoms in total. The van der Waals surface area contributed by atoms with Crippen molar-refractivity contribution in [3.8, 4) is 0 Å². The van der Waals surface area contributed by atoms with Gasteiger partial charge in [0.05, 0.1) is 0 Å². The fourth-order valence-corrected chi connectivity index (χ4v) is 2.02. The lowest BCUT2D eigenvalue weighted by Crippen LogP contribution is -2.26. The number of hydrogen-bond donors (Lipinski definition) is 1. The molecule has 0 aliphatic heterocycles. The Kier molecular flexibility index (Phi) is 7.77. The predicted octanol–water partition coefficient (Wildman–Crippen LogP) is 2.71. The Labute approximate surface area is 126 Å². The molecule has 0 amide bonds. The molecule has 20 heavy (non-hydrogen) atoms. The summed E-state index contributed by atoms with van der Waals surface area (Å²) in [5.74, 6) is 2.03. The highest BCUT2D eigenvalue weighted by Crippen LogP contribution is 2.24. The average molecular weight is 299 g/mol. The van der Waals surface area contributed by atoms with Gasteiger partial charge in [-0.2, -0.15) is 0 Å². The average Bonchev–Trinajstić information content (AvgIpc) is 2.40. The highest BCUT2D eigenvalue weighted by Gasteiger charge is 2.14. The first kappa shape index (κ1) is 17.1. The van der Waals surface area contributed by atoms with E-state index in [4.69, 9.17) is 9.47 Å². The highest BCUT2D eigenvalue weighted by molar-refractivity contribution is 8.13. The molecule has 1 aliphatic carbocycles. The van der Waals surface area contributed by atoms with E-state index in [1.54, 1.807) is 6.26 Å². The minimum atomic E-state index is 0.0386. The van der Waals surface area contributed by atoms with Crippen LogP contribution in [-0.4, -0.2) is 37.2 Å². The van der Waals surface area contributed by atoms with Crippen molar-refractivity contribution in [1.29, 1.82) is 0 Å². The van der Waals surface area contributed by atoms with E-state index in [9.17, 15) is 4.79 Å². The van der Waals surface area contributed by atoms with Gasteiger partial charge in [-0.05, 0) is 18.2 Å². The fourth-order valence-electron chi connectivity index (χ4n) is 1.84. The zero-order valence-electron chi connectivity index (χ0n) is 12.8. The van der Waals surface area contributed by atoms with Crippen LogP contribution in [0.1, 0.15) is 27.2 Å². The van der Waals surface area contributed by atoms with Gasteiger partial charge in [0, 0.05) is 25.1 Å². The molecule has 1 unspecified atom stereocenters. The summed E-state index contributed by atoms with van der Waals surface area (Å²) in [7, 11) is 0. The molecule has 1 aliphatic rings. The van der Waals surface area contributed by atoms with Crippen LogP contribution in [0.3, 0.4) is 0 Å². The Morgan fingerprint density at radius 1 is 1.50 bits per heavy atom. The molecule has 0 spiro atoms. The molecule has 0 aromatic carbocycles. The van der Waals surface area contributed by atoms with E-state index < -0.39 is 0 Å². The zero-order chi connectivity index (χ0) is 15.0. The minimum Gasteiger partial charge on any atom is -0.492 e. The summed E-state index contributed by atoms with van der Waals surface area (Å²) in [4.78, 5) is 11.2. The molecule has 0 aromatic heterocycles. The molecule has 0 fully saturated rings. The summed E-state index contributed by atoms with van der Waals surface area (Å²) in [6.45, 7) is 7.90. The summed E-state index contributed by atoms with van der Waals surface area (Å²) >= 11 is 1.19. The molecular formula is C15H25NO3S. The second-order valence-electron chi connectivity index (χ2n) is 5.18. The van der Waals surface area contributed by atoms with Crippen LogP contribution < -0.4 is 5.32 Å². The minimum absolute atomic E-state index is 0.0386. The van der Waals surface area contributed by atoms with Crippen LogP contribution in [0.4, 0.5) is 0 Å². The maximum atomic E-state index is 11.2. The molecule has 1 atom stereocenters. The normalized spacial score (nSPS) is 18.6. The monoisotopic (exact) mass is 299 g/mol. The summed E-state index contributed by atoms with van der Waals surface area (Å²) < 4.78 is 11.3. The number of allylic oxidation sites excluding steroid dienone is 3. The number of nitrogens with one attached hydrogen (secondary N) is 1. The van der Waals surface area contributed by atoms with Crippen LogP contribution in [0, 0.1) is 5.92 Å². The van der Waals surface area contributed by atoms with Gasteiger partial charge >= 0.3 is 0 Å². The number of carbonyl (C=O) groups excluding carboxylic acids is 1. The van der Waals surface area contributed by atoms with Crippen LogP contribution in [0.5, 0.6) is 0 Å². The molecule has 5 heteroatoms. The molecular weight excluding hydrogens is 274 g/mol. The molecule has 0 bridgehead atoms. The molecule has 0 heterocycles. The van der Waals surface area contributed by atoms with E-state index in [1.807, 2.05) is 6.08 Å². The van der Waals surface area contributed by atoms with Crippen LogP contribution in [0.25, 0.3) is 0 Å². The molecule has 0 saturated carbocycles. The number of thioether (sulfide) groups is 1. The van der Waals surface area contributed by atoms with Crippen molar-refractivity contribution in [3.05, 3.63) is 23.7 Å². The van der Waals surface area contributed by atoms with Gasteiger partial charge in [0.2, 0.25) is 5.12 Å². The lowest BCUT2D eigenvalue weighted by Gasteiger charge is -2.19. The first-order valence-corrected chi connectivity index (χ1v) is 8.22. The van der Waals surface area contributed by atoms with Crippen molar-refractivity contribution < 1.29 is 14.3 Å². The summed E-state index contributed by atoms with van der Waals surface area (Å²) in [5.41, 5.74) is 0. The van der Waals surface area contributed by atoms with E-state index in [1.165, 1.54) is 11.8 Å². The number of carbonyl (C=O) groups is 1. The smallest absolute Gasteiger partial charge is 0.226 e. The van der Waals surface area contributed by atoms with Crippen LogP contribution in [0.15, 0.2) is 23.7 Å². The van der Waals surface area contributed by atoms with Crippen LogP contribution >= 0.6 is 11.8 Å². The summed E-state index contributed by atoms with van der Waals surface area (Å²) in [6.07, 6.45) is 6.57. The molecule has 0 saturated heterocycles. The fraction of sp³-hybridized carbons (Fsp3) is 0.667. The maximum Gasteiger partial charge on any atom is 0.226 e. The Hall–Kier alpha value is -0.940. The van der Waals surface area contributed by atoms with Crippen LogP contribution in [0.2, 0.25) is 0 Å². The van der Waals surface area contributed by atoms with E-state index in [2.05, 4.69) is 32.2 Å². The van der Waals surface area contributed by atoms with E-state index >= 15 is 0 Å². The summed E-state index contributed by atoms with van der Waals surface area (Å²) in [5, 5.41) is 3.34.